The maximum absolute atomic E-state index is 10.9. The highest BCUT2D eigenvalue weighted by atomic mass is 79.9. The average molecular weight is 271 g/mol. The van der Waals surface area contributed by atoms with Gasteiger partial charge in [0.1, 0.15) is 0 Å². The maximum Gasteiger partial charge on any atom is 0.417 e. The molecule has 0 fully saturated rings. The van der Waals surface area contributed by atoms with E-state index in [4.69, 9.17) is 4.42 Å². The number of amides is 1. The van der Waals surface area contributed by atoms with Crippen LogP contribution < -0.4 is 11.1 Å². The summed E-state index contributed by atoms with van der Waals surface area (Å²) in [6.45, 7) is 0.384. The van der Waals surface area contributed by atoms with Crippen LogP contribution in [0.3, 0.4) is 0 Å². The van der Waals surface area contributed by atoms with Gasteiger partial charge in [-0.15, -0.1) is 0 Å². The predicted molar refractivity (Wildman–Crippen MR) is 58.0 cm³/mol. The summed E-state index contributed by atoms with van der Waals surface area (Å²) in [7, 11) is 0. The Morgan fingerprint density at radius 3 is 3.07 bits per heavy atom. The van der Waals surface area contributed by atoms with Crippen LogP contribution >= 0.6 is 15.9 Å². The monoisotopic (exact) mass is 270 g/mol. The van der Waals surface area contributed by atoms with Crippen LogP contribution in [0.15, 0.2) is 27.4 Å². The second-order valence-corrected chi connectivity index (χ2v) is 3.69. The lowest BCUT2D eigenvalue weighted by molar-refractivity contribution is 0.261. The molecule has 0 unspecified atom stereocenters. The molecule has 0 aliphatic carbocycles. The summed E-state index contributed by atoms with van der Waals surface area (Å²) in [4.78, 5) is 23.7. The van der Waals surface area contributed by atoms with Crippen molar-refractivity contribution in [2.75, 3.05) is 0 Å². The van der Waals surface area contributed by atoms with Gasteiger partial charge in [0.25, 0.3) is 4.82 Å². The van der Waals surface area contributed by atoms with Gasteiger partial charge in [-0.25, -0.2) is 4.79 Å². The van der Waals surface area contributed by atoms with Gasteiger partial charge in [-0.3, -0.25) is 9.78 Å². The van der Waals surface area contributed by atoms with Gasteiger partial charge in [0.15, 0.2) is 5.58 Å². The smallest absolute Gasteiger partial charge is 0.408 e. The summed E-state index contributed by atoms with van der Waals surface area (Å²) >= 11 is 2.76. The Bertz CT molecular complexity index is 558. The van der Waals surface area contributed by atoms with Crippen LogP contribution in [0.1, 0.15) is 5.56 Å². The highest BCUT2D eigenvalue weighted by Gasteiger charge is 2.02. The third-order valence-electron chi connectivity index (χ3n) is 1.92. The van der Waals surface area contributed by atoms with Crippen LogP contribution in [0.2, 0.25) is 0 Å². The summed E-state index contributed by atoms with van der Waals surface area (Å²) in [6.07, 6.45) is 0. The fraction of sp³-hybridized carbons (Fsp3) is 0.111. The molecule has 0 bridgehead atoms. The van der Waals surface area contributed by atoms with Gasteiger partial charge in [0, 0.05) is 22.5 Å². The summed E-state index contributed by atoms with van der Waals surface area (Å²) in [5.74, 6) is -0.480. The van der Waals surface area contributed by atoms with Crippen molar-refractivity contribution in [3.63, 3.8) is 0 Å². The van der Waals surface area contributed by atoms with E-state index in [2.05, 4.69) is 26.2 Å². The Hall–Kier alpha value is -1.56. The average Bonchev–Trinajstić information content (AvgIpc) is 2.53. The zero-order valence-corrected chi connectivity index (χ0v) is 9.13. The van der Waals surface area contributed by atoms with Crippen molar-refractivity contribution in [1.82, 2.24) is 10.3 Å². The van der Waals surface area contributed by atoms with Gasteiger partial charge in [-0.2, -0.15) is 0 Å². The molecule has 0 atom stereocenters. The summed E-state index contributed by atoms with van der Waals surface area (Å²) in [6, 6.07) is 5.24. The molecule has 2 rings (SSSR count). The van der Waals surface area contributed by atoms with Crippen molar-refractivity contribution in [3.8, 4) is 0 Å². The van der Waals surface area contributed by atoms with E-state index in [-0.39, 0.29) is 4.82 Å². The Morgan fingerprint density at radius 1 is 1.53 bits per heavy atom. The molecule has 6 heteroatoms. The molecule has 1 aromatic heterocycles. The number of benzene rings is 1. The number of carbonyl (C=O) groups is 1. The number of aromatic amines is 1. The predicted octanol–water partition coefficient (Wildman–Crippen LogP) is 1.73. The molecule has 1 aromatic carbocycles. The lowest BCUT2D eigenvalue weighted by atomic mass is 10.2. The lowest BCUT2D eigenvalue weighted by Gasteiger charge is -2.00. The first-order chi connectivity index (χ1) is 7.15. The fourth-order valence-corrected chi connectivity index (χ4v) is 1.41. The molecule has 15 heavy (non-hydrogen) atoms. The topological polar surface area (TPSA) is 75.1 Å². The zero-order valence-electron chi connectivity index (χ0n) is 7.54. The van der Waals surface area contributed by atoms with Gasteiger partial charge < -0.3 is 9.73 Å². The Morgan fingerprint density at radius 2 is 2.33 bits per heavy atom. The SMILES string of the molecule is O=C(Br)NCc1ccc2[nH]c(=O)oc2c1. The quantitative estimate of drug-likeness (QED) is 0.645. The fourth-order valence-electron chi connectivity index (χ4n) is 1.27. The van der Waals surface area contributed by atoms with Gasteiger partial charge in [0.05, 0.1) is 5.52 Å². The molecule has 0 aliphatic heterocycles. The van der Waals surface area contributed by atoms with E-state index in [1.807, 2.05) is 0 Å². The number of oxazole rings is 1. The molecule has 2 aromatic rings. The van der Waals surface area contributed by atoms with E-state index >= 15 is 0 Å². The van der Waals surface area contributed by atoms with E-state index in [0.717, 1.165) is 5.56 Å². The highest BCUT2D eigenvalue weighted by molar-refractivity contribution is 9.18. The minimum Gasteiger partial charge on any atom is -0.408 e. The molecular weight excluding hydrogens is 264 g/mol. The van der Waals surface area contributed by atoms with Crippen molar-refractivity contribution in [3.05, 3.63) is 34.3 Å². The molecule has 1 heterocycles. The van der Waals surface area contributed by atoms with Gasteiger partial charge in [-0.1, -0.05) is 6.07 Å². The van der Waals surface area contributed by atoms with E-state index in [1.54, 1.807) is 18.2 Å². The van der Waals surface area contributed by atoms with Crippen molar-refractivity contribution in [2.45, 2.75) is 6.54 Å². The number of rotatable bonds is 2. The third kappa shape index (κ3) is 2.27. The number of fused-ring (bicyclic) bond motifs is 1. The van der Waals surface area contributed by atoms with Crippen LogP contribution in [0.4, 0.5) is 4.79 Å². The summed E-state index contributed by atoms with van der Waals surface area (Å²) in [5, 5.41) is 2.58. The Kier molecular flexibility index (Phi) is 2.59. The van der Waals surface area contributed by atoms with Gasteiger partial charge in [-0.05, 0) is 17.7 Å². The number of halogens is 1. The number of carbonyl (C=O) groups excluding carboxylic acids is 1. The van der Waals surface area contributed by atoms with Crippen molar-refractivity contribution < 1.29 is 9.21 Å². The first kappa shape index (κ1) is 9.97. The maximum atomic E-state index is 10.9. The standard InChI is InChI=1S/C9H7BrN2O3/c10-8(13)11-4-5-1-2-6-7(3-5)15-9(14)12-6/h1-3H,4H2,(H,11,13)(H,12,14). The summed E-state index contributed by atoms with van der Waals surface area (Å²) in [5.41, 5.74) is 1.99. The molecular formula is C9H7BrN2O3. The Labute approximate surface area is 92.6 Å². The molecule has 2 N–H and O–H groups in total. The zero-order chi connectivity index (χ0) is 10.8. The number of H-pyrrole nitrogens is 1. The van der Waals surface area contributed by atoms with E-state index in [1.165, 1.54) is 0 Å². The van der Waals surface area contributed by atoms with Crippen molar-refractivity contribution in [2.24, 2.45) is 0 Å². The number of aromatic nitrogens is 1. The number of hydrogen-bond donors (Lipinski definition) is 2. The van der Waals surface area contributed by atoms with Crippen molar-refractivity contribution in [1.29, 1.82) is 0 Å². The van der Waals surface area contributed by atoms with Gasteiger partial charge in [0.2, 0.25) is 0 Å². The van der Waals surface area contributed by atoms with E-state index < -0.39 is 5.76 Å². The highest BCUT2D eigenvalue weighted by Crippen LogP contribution is 2.12. The van der Waals surface area contributed by atoms with E-state index in [0.29, 0.717) is 17.6 Å². The van der Waals surface area contributed by atoms with Crippen molar-refractivity contribution >= 4 is 31.8 Å². The van der Waals surface area contributed by atoms with Gasteiger partial charge >= 0.3 is 5.76 Å². The molecule has 0 saturated heterocycles. The van der Waals surface area contributed by atoms with Crippen LogP contribution in [-0.4, -0.2) is 9.80 Å². The van der Waals surface area contributed by atoms with Crippen LogP contribution in [0, 0.1) is 0 Å². The first-order valence-electron chi connectivity index (χ1n) is 4.20. The lowest BCUT2D eigenvalue weighted by Crippen LogP contribution is -2.14. The Balaban J connectivity index is 2.30. The van der Waals surface area contributed by atoms with Crippen LogP contribution in [0.5, 0.6) is 0 Å². The van der Waals surface area contributed by atoms with E-state index in [9.17, 15) is 9.59 Å². The number of hydrogen-bond acceptors (Lipinski definition) is 3. The second kappa shape index (κ2) is 3.90. The molecule has 0 spiro atoms. The molecule has 1 amide bonds. The largest absolute Gasteiger partial charge is 0.417 e. The minimum absolute atomic E-state index is 0.280. The normalized spacial score (nSPS) is 10.5. The molecule has 5 nitrogen and oxygen atoms in total. The minimum atomic E-state index is -0.480. The number of nitrogens with one attached hydrogen (secondary N) is 2. The third-order valence-corrected chi connectivity index (χ3v) is 2.20. The second-order valence-electron chi connectivity index (χ2n) is 2.97. The first-order valence-corrected chi connectivity index (χ1v) is 4.99. The molecule has 0 radical (unpaired) electrons. The molecule has 78 valence electrons. The molecule has 0 saturated carbocycles. The van der Waals surface area contributed by atoms with Crippen LogP contribution in [0.25, 0.3) is 11.1 Å². The van der Waals surface area contributed by atoms with Crippen LogP contribution in [-0.2, 0) is 6.54 Å². The summed E-state index contributed by atoms with van der Waals surface area (Å²) < 4.78 is 4.88. The molecule has 0 aliphatic rings.